The summed E-state index contributed by atoms with van der Waals surface area (Å²) in [4.78, 5) is 52.5. The van der Waals surface area contributed by atoms with E-state index in [0.29, 0.717) is 5.52 Å². The van der Waals surface area contributed by atoms with Crippen molar-refractivity contribution in [2.75, 3.05) is 5.73 Å². The highest BCUT2D eigenvalue weighted by Crippen LogP contribution is 2.25. The molecular weight excluding hydrogens is 316 g/mol. The molecule has 0 bridgehead atoms. The lowest BCUT2D eigenvalue weighted by atomic mass is 10.0. The van der Waals surface area contributed by atoms with Crippen LogP contribution in [0.2, 0.25) is 0 Å². The molecule has 1 aliphatic heterocycles. The average molecular weight is 330 g/mol. The van der Waals surface area contributed by atoms with Gasteiger partial charge >= 0.3 is 6.09 Å². The summed E-state index contributed by atoms with van der Waals surface area (Å²) in [6, 6.07) is 3.72. The van der Waals surface area contributed by atoms with Crippen LogP contribution in [0.3, 0.4) is 0 Å². The Morgan fingerprint density at radius 1 is 1.33 bits per heavy atom. The van der Waals surface area contributed by atoms with Crippen molar-refractivity contribution in [3.05, 3.63) is 34.4 Å². The molecule has 24 heavy (non-hydrogen) atoms. The van der Waals surface area contributed by atoms with Gasteiger partial charge in [0.15, 0.2) is 0 Å². The van der Waals surface area contributed by atoms with Crippen LogP contribution in [-0.4, -0.2) is 37.5 Å². The highest BCUT2D eigenvalue weighted by Gasteiger charge is 2.40. The lowest BCUT2D eigenvalue weighted by molar-refractivity contribution is -0.148. The number of anilines is 1. The number of piperidine rings is 1. The van der Waals surface area contributed by atoms with Gasteiger partial charge in [0.05, 0.1) is 10.9 Å². The molecule has 3 N–H and O–H groups in total. The third-order valence-electron chi connectivity index (χ3n) is 4.03. The largest absolute Gasteiger partial charge is 0.464 e. The third-order valence-corrected chi connectivity index (χ3v) is 4.03. The Morgan fingerprint density at radius 3 is 2.71 bits per heavy atom. The molecule has 1 atom stereocenters. The predicted molar refractivity (Wildman–Crippen MR) is 83.3 cm³/mol. The van der Waals surface area contributed by atoms with Gasteiger partial charge in [-0.15, -0.1) is 0 Å². The van der Waals surface area contributed by atoms with Gasteiger partial charge in [0, 0.05) is 12.1 Å². The van der Waals surface area contributed by atoms with Crippen LogP contribution in [0.5, 0.6) is 0 Å². The van der Waals surface area contributed by atoms with Gasteiger partial charge in [-0.25, -0.2) is 9.78 Å². The minimum absolute atomic E-state index is 0.0299. The number of hydrogen-bond donors (Lipinski definition) is 2. The quantitative estimate of drug-likeness (QED) is 0.579. The second kappa shape index (κ2) is 5.44. The molecule has 1 aliphatic rings. The van der Waals surface area contributed by atoms with E-state index in [1.165, 1.54) is 0 Å². The van der Waals surface area contributed by atoms with Gasteiger partial charge in [-0.1, -0.05) is 6.07 Å². The number of nitrogens with zero attached hydrogens (tertiary/aromatic N) is 3. The van der Waals surface area contributed by atoms with E-state index in [0.717, 1.165) is 4.57 Å². The van der Waals surface area contributed by atoms with Crippen LogP contribution < -0.4 is 11.3 Å². The van der Waals surface area contributed by atoms with E-state index < -0.39 is 29.5 Å². The number of carbonyl (C=O) groups is 3. The standard InChI is InChI=1S/C15H14N4O5/c1-7-17-9-4-2-3-8(16)12(9)14(22)18(7)10-5-6-11(20)19(13(10)21)15(23)24/h2-4,10H,5-6,16H2,1H3,(H,23,24)/t10-/m0/s1. The molecule has 9 nitrogen and oxygen atoms in total. The summed E-state index contributed by atoms with van der Waals surface area (Å²) in [5.41, 5.74) is 5.91. The lowest BCUT2D eigenvalue weighted by Gasteiger charge is -2.29. The van der Waals surface area contributed by atoms with Crippen LogP contribution >= 0.6 is 0 Å². The minimum Gasteiger partial charge on any atom is -0.464 e. The van der Waals surface area contributed by atoms with E-state index in [1.54, 1.807) is 25.1 Å². The Hall–Kier alpha value is -3.23. The Balaban J connectivity index is 2.21. The molecule has 1 aromatic carbocycles. The minimum atomic E-state index is -1.66. The predicted octanol–water partition coefficient (Wildman–Crippen LogP) is 0.655. The molecule has 0 radical (unpaired) electrons. The number of rotatable bonds is 1. The number of aromatic nitrogens is 2. The van der Waals surface area contributed by atoms with Crippen molar-refractivity contribution in [2.45, 2.75) is 25.8 Å². The second-order valence-corrected chi connectivity index (χ2v) is 5.48. The highest BCUT2D eigenvalue weighted by molar-refractivity contribution is 6.11. The van der Waals surface area contributed by atoms with Gasteiger partial charge in [-0.3, -0.25) is 19.0 Å². The molecule has 0 aliphatic carbocycles. The van der Waals surface area contributed by atoms with E-state index in [9.17, 15) is 19.2 Å². The number of imide groups is 3. The SMILES string of the molecule is Cc1nc2cccc(N)c2c(=O)n1[C@H]1CCC(=O)N(C(=O)O)C1=O. The number of benzene rings is 1. The number of carboxylic acid groups (broad SMARTS) is 1. The summed E-state index contributed by atoms with van der Waals surface area (Å²) in [6.45, 7) is 1.54. The van der Waals surface area contributed by atoms with Crippen LogP contribution in [0.25, 0.3) is 10.9 Å². The summed E-state index contributed by atoms with van der Waals surface area (Å²) in [5.74, 6) is -1.52. The van der Waals surface area contributed by atoms with Crippen molar-refractivity contribution in [3.63, 3.8) is 0 Å². The maximum Gasteiger partial charge on any atom is 0.421 e. The number of nitrogens with two attached hydrogens (primary N) is 1. The Kier molecular flexibility index (Phi) is 3.55. The molecule has 1 aromatic heterocycles. The fourth-order valence-corrected chi connectivity index (χ4v) is 2.95. The molecule has 1 fully saturated rings. The number of carbonyl (C=O) groups excluding carboxylic acids is 2. The zero-order valence-electron chi connectivity index (χ0n) is 12.7. The molecule has 2 heterocycles. The normalized spacial score (nSPS) is 18.2. The maximum absolute atomic E-state index is 12.8. The van der Waals surface area contributed by atoms with Crippen molar-refractivity contribution in [3.8, 4) is 0 Å². The van der Waals surface area contributed by atoms with Crippen LogP contribution in [0.15, 0.2) is 23.0 Å². The molecule has 124 valence electrons. The van der Waals surface area contributed by atoms with Gasteiger partial charge in [-0.05, 0) is 25.5 Å². The van der Waals surface area contributed by atoms with Crippen molar-refractivity contribution < 1.29 is 19.5 Å². The summed E-state index contributed by atoms with van der Waals surface area (Å²) >= 11 is 0. The van der Waals surface area contributed by atoms with E-state index in [2.05, 4.69) is 4.98 Å². The van der Waals surface area contributed by atoms with Crippen LogP contribution in [-0.2, 0) is 9.59 Å². The number of nitrogen functional groups attached to an aromatic ring is 1. The second-order valence-electron chi connectivity index (χ2n) is 5.48. The first-order valence-electron chi connectivity index (χ1n) is 7.20. The zero-order valence-corrected chi connectivity index (χ0v) is 12.7. The van der Waals surface area contributed by atoms with Crippen molar-refractivity contribution in [2.24, 2.45) is 0 Å². The summed E-state index contributed by atoms with van der Waals surface area (Å²) in [7, 11) is 0. The van der Waals surface area contributed by atoms with Crippen molar-refractivity contribution in [1.82, 2.24) is 14.5 Å². The number of fused-ring (bicyclic) bond motifs is 1. The highest BCUT2D eigenvalue weighted by atomic mass is 16.4. The summed E-state index contributed by atoms with van der Waals surface area (Å²) in [6.07, 6.45) is -1.78. The van der Waals surface area contributed by atoms with Gasteiger partial charge < -0.3 is 10.8 Å². The molecule has 0 unspecified atom stereocenters. The Bertz CT molecular complexity index is 949. The fraction of sp³-hybridized carbons (Fsp3) is 0.267. The first kappa shape index (κ1) is 15.7. The topological polar surface area (TPSA) is 136 Å². The van der Waals surface area contributed by atoms with Gasteiger partial charge in [-0.2, -0.15) is 4.90 Å². The number of amides is 3. The molecule has 2 aromatic rings. The fourth-order valence-electron chi connectivity index (χ4n) is 2.95. The summed E-state index contributed by atoms with van der Waals surface area (Å²) in [5, 5.41) is 9.22. The van der Waals surface area contributed by atoms with Crippen LogP contribution in [0.4, 0.5) is 10.5 Å². The molecule has 0 saturated carbocycles. The molecular formula is C15H14N4O5. The van der Waals surface area contributed by atoms with E-state index in [-0.39, 0.29) is 34.6 Å². The molecule has 0 spiro atoms. The first-order chi connectivity index (χ1) is 11.3. The van der Waals surface area contributed by atoms with E-state index in [1.807, 2.05) is 0 Å². The zero-order chi connectivity index (χ0) is 17.6. The maximum atomic E-state index is 12.8. The molecule has 1 saturated heterocycles. The van der Waals surface area contributed by atoms with Gasteiger partial charge in [0.25, 0.3) is 11.5 Å². The van der Waals surface area contributed by atoms with E-state index in [4.69, 9.17) is 10.8 Å². The molecule has 3 rings (SSSR count). The first-order valence-corrected chi connectivity index (χ1v) is 7.20. The van der Waals surface area contributed by atoms with E-state index >= 15 is 0 Å². The number of likely N-dealkylation sites (tertiary alicyclic amines) is 1. The van der Waals surface area contributed by atoms with Gasteiger partial charge in [0.1, 0.15) is 11.9 Å². The Labute approximate surface area is 135 Å². The molecule has 3 amide bonds. The lowest BCUT2D eigenvalue weighted by Crippen LogP contribution is -2.50. The summed E-state index contributed by atoms with van der Waals surface area (Å²) < 4.78 is 1.11. The van der Waals surface area contributed by atoms with Crippen LogP contribution in [0.1, 0.15) is 24.7 Å². The Morgan fingerprint density at radius 2 is 2.04 bits per heavy atom. The number of hydrogen-bond acceptors (Lipinski definition) is 6. The molecule has 9 heteroatoms. The van der Waals surface area contributed by atoms with Crippen molar-refractivity contribution >= 4 is 34.5 Å². The smallest absolute Gasteiger partial charge is 0.421 e. The average Bonchev–Trinajstić information content (AvgIpc) is 2.48. The van der Waals surface area contributed by atoms with Gasteiger partial charge in [0.2, 0.25) is 5.91 Å². The van der Waals surface area contributed by atoms with Crippen LogP contribution in [0, 0.1) is 6.92 Å². The third kappa shape index (κ3) is 2.21. The number of aryl methyl sites for hydroxylation is 1. The van der Waals surface area contributed by atoms with Crippen molar-refractivity contribution in [1.29, 1.82) is 0 Å². The monoisotopic (exact) mass is 330 g/mol.